The van der Waals surface area contributed by atoms with Crippen molar-refractivity contribution in [2.24, 2.45) is 12.0 Å². The molecule has 0 spiro atoms. The highest BCUT2D eigenvalue weighted by Gasteiger charge is 2.26. The number of alkyl halides is 2. The van der Waals surface area contributed by atoms with Crippen LogP contribution in [0.2, 0.25) is 0 Å². The van der Waals surface area contributed by atoms with Crippen molar-refractivity contribution < 1.29 is 13.5 Å². The lowest BCUT2D eigenvalue weighted by Gasteiger charge is -2.22. The van der Waals surface area contributed by atoms with Crippen molar-refractivity contribution >= 4 is 11.6 Å². The van der Waals surface area contributed by atoms with Gasteiger partial charge < -0.3 is 20.3 Å². The average Bonchev–Trinajstić information content (AvgIpc) is 3.34. The quantitative estimate of drug-likeness (QED) is 0.494. The van der Waals surface area contributed by atoms with Crippen molar-refractivity contribution in [2.75, 3.05) is 25.0 Å². The Morgan fingerprint density at radius 3 is 2.74 bits per heavy atom. The number of nitrogens with one attached hydrogen (secondary N) is 2. The number of anilines is 1. The van der Waals surface area contributed by atoms with E-state index in [0.29, 0.717) is 18.8 Å². The van der Waals surface area contributed by atoms with E-state index in [4.69, 9.17) is 0 Å². The van der Waals surface area contributed by atoms with Crippen LogP contribution in [0.5, 0.6) is 5.75 Å². The molecule has 0 saturated carbocycles. The minimum absolute atomic E-state index is 0.149. The fraction of sp³-hybridized carbons (Fsp3) is 0.545. The van der Waals surface area contributed by atoms with Gasteiger partial charge in [-0.2, -0.15) is 13.9 Å². The summed E-state index contributed by atoms with van der Waals surface area (Å²) in [5.41, 5.74) is 4.24. The zero-order valence-electron chi connectivity index (χ0n) is 18.7. The summed E-state index contributed by atoms with van der Waals surface area (Å²) >= 11 is 0. The third-order valence-corrected chi connectivity index (χ3v) is 5.64. The molecule has 1 unspecified atom stereocenters. The molecule has 2 aromatic rings. The van der Waals surface area contributed by atoms with Gasteiger partial charge in [0.1, 0.15) is 5.75 Å². The molecule has 1 aliphatic rings. The van der Waals surface area contributed by atoms with Gasteiger partial charge in [-0.15, -0.1) is 0 Å². The second kappa shape index (κ2) is 10.5. The second-order valence-corrected chi connectivity index (χ2v) is 7.55. The summed E-state index contributed by atoms with van der Waals surface area (Å²) in [6.07, 6.45) is 2.68. The number of aromatic nitrogens is 2. The van der Waals surface area contributed by atoms with Crippen LogP contribution in [0.4, 0.5) is 14.5 Å². The van der Waals surface area contributed by atoms with Gasteiger partial charge in [0.2, 0.25) is 0 Å². The monoisotopic (exact) mass is 434 g/mol. The van der Waals surface area contributed by atoms with Gasteiger partial charge in [0.05, 0.1) is 11.4 Å². The Bertz CT molecular complexity index is 898. The summed E-state index contributed by atoms with van der Waals surface area (Å²) < 4.78 is 32.1. The largest absolute Gasteiger partial charge is 0.433 e. The standard InChI is InChI=1S/C22H32F2N6O/c1-5-17-16(18(6-2)29(4)28-17)13-26-22(25-3)27-15-11-12-30(14-15)19-9-7-8-10-20(19)31-21(23)24/h7-10,15,21H,5-6,11-14H2,1-4H3,(H2,25,26,27). The molecule has 2 N–H and O–H groups in total. The van der Waals surface area contributed by atoms with Gasteiger partial charge >= 0.3 is 6.61 Å². The van der Waals surface area contributed by atoms with Crippen LogP contribution in [0.3, 0.4) is 0 Å². The van der Waals surface area contributed by atoms with E-state index in [1.165, 1.54) is 11.3 Å². The molecule has 1 saturated heterocycles. The van der Waals surface area contributed by atoms with E-state index < -0.39 is 6.61 Å². The molecular weight excluding hydrogens is 402 g/mol. The number of rotatable bonds is 8. The summed E-state index contributed by atoms with van der Waals surface area (Å²) in [6.45, 7) is 3.49. The lowest BCUT2D eigenvalue weighted by molar-refractivity contribution is -0.0495. The SMILES string of the molecule is CCc1nn(C)c(CC)c1CNC(=NC)NC1CCN(c2ccccc2OC(F)F)C1. The third-order valence-electron chi connectivity index (χ3n) is 5.64. The van der Waals surface area contributed by atoms with E-state index in [9.17, 15) is 8.78 Å². The summed E-state index contributed by atoms with van der Waals surface area (Å²) in [5.74, 6) is 0.924. The Hall–Kier alpha value is -2.84. The van der Waals surface area contributed by atoms with Crippen LogP contribution in [-0.2, 0) is 26.4 Å². The maximum Gasteiger partial charge on any atom is 0.387 e. The number of halogens is 2. The average molecular weight is 435 g/mol. The topological polar surface area (TPSA) is 66.7 Å². The Labute approximate surface area is 182 Å². The molecule has 0 bridgehead atoms. The molecule has 0 amide bonds. The molecule has 1 fully saturated rings. The van der Waals surface area contributed by atoms with Gasteiger partial charge in [-0.1, -0.05) is 26.0 Å². The van der Waals surface area contributed by atoms with E-state index in [1.807, 2.05) is 23.9 Å². The summed E-state index contributed by atoms with van der Waals surface area (Å²) in [5, 5.41) is 11.5. The lowest BCUT2D eigenvalue weighted by atomic mass is 10.1. The van der Waals surface area contributed by atoms with Gasteiger partial charge in [-0.3, -0.25) is 9.67 Å². The normalized spacial score (nSPS) is 16.8. The van der Waals surface area contributed by atoms with Crippen LogP contribution in [0.15, 0.2) is 29.3 Å². The number of hydrogen-bond donors (Lipinski definition) is 2. The fourth-order valence-electron chi connectivity index (χ4n) is 4.17. The zero-order valence-corrected chi connectivity index (χ0v) is 18.7. The number of guanidine groups is 1. The first-order chi connectivity index (χ1) is 15.0. The van der Waals surface area contributed by atoms with Crippen LogP contribution >= 0.6 is 0 Å². The molecule has 1 atom stereocenters. The van der Waals surface area contributed by atoms with Gasteiger partial charge in [0, 0.05) is 51.0 Å². The summed E-state index contributed by atoms with van der Waals surface area (Å²) in [7, 11) is 3.73. The first-order valence-corrected chi connectivity index (χ1v) is 10.8. The minimum atomic E-state index is -2.84. The number of para-hydroxylation sites is 2. The smallest absolute Gasteiger partial charge is 0.387 e. The lowest BCUT2D eigenvalue weighted by Crippen LogP contribution is -2.44. The number of ether oxygens (including phenoxy) is 1. The first kappa shape index (κ1) is 22.8. The Kier molecular flexibility index (Phi) is 7.70. The van der Waals surface area contributed by atoms with Gasteiger partial charge in [-0.25, -0.2) is 0 Å². The van der Waals surface area contributed by atoms with Crippen molar-refractivity contribution in [3.8, 4) is 5.75 Å². The zero-order chi connectivity index (χ0) is 22.4. The summed E-state index contributed by atoms with van der Waals surface area (Å²) in [6, 6.07) is 7.07. The van der Waals surface area contributed by atoms with Crippen molar-refractivity contribution in [1.29, 1.82) is 0 Å². The minimum Gasteiger partial charge on any atom is -0.433 e. The number of hydrogen-bond acceptors (Lipinski definition) is 4. The molecule has 1 aliphatic heterocycles. The van der Waals surface area contributed by atoms with Gasteiger partial charge in [0.15, 0.2) is 5.96 Å². The highest BCUT2D eigenvalue weighted by molar-refractivity contribution is 5.80. The van der Waals surface area contributed by atoms with Crippen molar-refractivity contribution in [3.63, 3.8) is 0 Å². The second-order valence-electron chi connectivity index (χ2n) is 7.55. The number of nitrogens with zero attached hydrogens (tertiary/aromatic N) is 4. The summed E-state index contributed by atoms with van der Waals surface area (Å²) in [4.78, 5) is 6.43. The van der Waals surface area contributed by atoms with Crippen LogP contribution in [0, 0.1) is 0 Å². The molecule has 9 heteroatoms. The molecule has 7 nitrogen and oxygen atoms in total. The van der Waals surface area contributed by atoms with E-state index in [-0.39, 0.29) is 11.8 Å². The predicted molar refractivity (Wildman–Crippen MR) is 119 cm³/mol. The van der Waals surface area contributed by atoms with Crippen LogP contribution in [-0.4, -0.2) is 48.5 Å². The van der Waals surface area contributed by atoms with Crippen molar-refractivity contribution in [2.45, 2.75) is 52.3 Å². The number of aliphatic imine (C=N–C) groups is 1. The van der Waals surface area contributed by atoms with Crippen molar-refractivity contribution in [3.05, 3.63) is 41.2 Å². The van der Waals surface area contributed by atoms with Crippen LogP contribution in [0.1, 0.15) is 37.2 Å². The Balaban J connectivity index is 1.61. The predicted octanol–water partition coefficient (Wildman–Crippen LogP) is 3.09. The first-order valence-electron chi connectivity index (χ1n) is 10.8. The Morgan fingerprint density at radius 1 is 1.29 bits per heavy atom. The molecule has 1 aromatic carbocycles. The fourth-order valence-corrected chi connectivity index (χ4v) is 4.17. The maximum absolute atomic E-state index is 12.7. The molecule has 0 aliphatic carbocycles. The van der Waals surface area contributed by atoms with Crippen molar-refractivity contribution in [1.82, 2.24) is 20.4 Å². The van der Waals surface area contributed by atoms with Gasteiger partial charge in [-0.05, 0) is 31.4 Å². The maximum atomic E-state index is 12.7. The highest BCUT2D eigenvalue weighted by atomic mass is 19.3. The van der Waals surface area contributed by atoms with Gasteiger partial charge in [0.25, 0.3) is 0 Å². The van der Waals surface area contributed by atoms with Crippen LogP contribution < -0.4 is 20.3 Å². The molecule has 2 heterocycles. The van der Waals surface area contributed by atoms with Crippen LogP contribution in [0.25, 0.3) is 0 Å². The molecular formula is C22H32F2N6O. The van der Waals surface area contributed by atoms with E-state index in [0.717, 1.165) is 37.5 Å². The molecule has 1 aromatic heterocycles. The molecule has 170 valence electrons. The van der Waals surface area contributed by atoms with E-state index in [1.54, 1.807) is 19.2 Å². The molecule has 3 rings (SSSR count). The van der Waals surface area contributed by atoms with E-state index >= 15 is 0 Å². The third kappa shape index (κ3) is 5.45. The molecule has 0 radical (unpaired) electrons. The van der Waals surface area contributed by atoms with E-state index in [2.05, 4.69) is 44.2 Å². The molecule has 31 heavy (non-hydrogen) atoms. The number of benzene rings is 1. The Morgan fingerprint density at radius 2 is 2.06 bits per heavy atom. The number of aryl methyl sites for hydroxylation is 2. The highest BCUT2D eigenvalue weighted by Crippen LogP contribution is 2.31.